The van der Waals surface area contributed by atoms with E-state index in [1.54, 1.807) is 0 Å². The van der Waals surface area contributed by atoms with Crippen LogP contribution in [0.2, 0.25) is 0 Å². The van der Waals surface area contributed by atoms with Crippen LogP contribution in [0.1, 0.15) is 24.0 Å². The van der Waals surface area contributed by atoms with Gasteiger partial charge in [0.2, 0.25) is 0 Å². The van der Waals surface area contributed by atoms with Gasteiger partial charge in [-0.25, -0.2) is 0 Å². The molecule has 0 amide bonds. The molecule has 0 fully saturated rings. The molecule has 94 valence electrons. The Morgan fingerprint density at radius 2 is 1.58 bits per heavy atom. The van der Waals surface area contributed by atoms with Crippen molar-refractivity contribution in [3.8, 4) is 0 Å². The summed E-state index contributed by atoms with van der Waals surface area (Å²) in [6.07, 6.45) is 6.58. The quantitative estimate of drug-likeness (QED) is 0.764. The fourth-order valence-corrected chi connectivity index (χ4v) is 2.39. The van der Waals surface area contributed by atoms with E-state index in [4.69, 9.17) is 4.99 Å². The Hall–Kier alpha value is -2.15. The molecule has 3 rings (SSSR count). The van der Waals surface area contributed by atoms with Crippen LogP contribution < -0.4 is 0 Å². The maximum Gasteiger partial charge on any atom is 0.0690 e. The third-order valence-corrected chi connectivity index (χ3v) is 3.42. The van der Waals surface area contributed by atoms with Crippen molar-refractivity contribution in [1.82, 2.24) is 0 Å². The van der Waals surface area contributed by atoms with E-state index in [9.17, 15) is 0 Å². The highest BCUT2D eigenvalue weighted by molar-refractivity contribution is 6.01. The van der Waals surface area contributed by atoms with Gasteiger partial charge in [-0.15, -0.1) is 0 Å². The van der Waals surface area contributed by atoms with Gasteiger partial charge in [0.25, 0.3) is 0 Å². The van der Waals surface area contributed by atoms with E-state index in [2.05, 4.69) is 60.7 Å². The van der Waals surface area contributed by atoms with Crippen molar-refractivity contribution in [2.75, 3.05) is 0 Å². The van der Waals surface area contributed by atoms with Crippen molar-refractivity contribution < 1.29 is 0 Å². The minimum absolute atomic E-state index is 0.329. The summed E-state index contributed by atoms with van der Waals surface area (Å²) in [5, 5.41) is 0. The van der Waals surface area contributed by atoms with Gasteiger partial charge in [-0.05, 0) is 24.0 Å². The summed E-state index contributed by atoms with van der Waals surface area (Å²) in [6.45, 7) is 0. The molecule has 0 saturated carbocycles. The van der Waals surface area contributed by atoms with Gasteiger partial charge in [-0.1, -0.05) is 72.8 Å². The zero-order valence-corrected chi connectivity index (χ0v) is 10.9. The van der Waals surface area contributed by atoms with Gasteiger partial charge in [0, 0.05) is 5.71 Å². The molecule has 0 radical (unpaired) electrons. The molecule has 0 bridgehead atoms. The molecule has 0 aliphatic carbocycles. The molecule has 1 atom stereocenters. The van der Waals surface area contributed by atoms with E-state index < -0.39 is 0 Å². The number of rotatable bonds is 3. The fourth-order valence-electron chi connectivity index (χ4n) is 2.39. The summed E-state index contributed by atoms with van der Waals surface area (Å²) in [7, 11) is 0. The van der Waals surface area contributed by atoms with Crippen LogP contribution in [0.25, 0.3) is 6.08 Å². The lowest BCUT2D eigenvalue weighted by molar-refractivity contribution is 0.810. The number of hydrogen-bond acceptors (Lipinski definition) is 1. The first-order chi connectivity index (χ1) is 9.42. The fraction of sp³-hybridized carbons (Fsp3) is 0.167. The summed E-state index contributed by atoms with van der Waals surface area (Å²) in [4.78, 5) is 4.80. The molecule has 1 heterocycles. The van der Waals surface area contributed by atoms with Crippen molar-refractivity contribution in [2.45, 2.75) is 18.9 Å². The van der Waals surface area contributed by atoms with Crippen LogP contribution in [-0.4, -0.2) is 11.8 Å². The van der Waals surface area contributed by atoms with E-state index in [1.165, 1.54) is 16.8 Å². The molecule has 0 N–H and O–H groups in total. The highest BCUT2D eigenvalue weighted by Gasteiger charge is 2.15. The summed E-state index contributed by atoms with van der Waals surface area (Å²) >= 11 is 0. The van der Waals surface area contributed by atoms with E-state index in [0.717, 1.165) is 12.8 Å². The summed E-state index contributed by atoms with van der Waals surface area (Å²) in [5.74, 6) is 0. The Labute approximate surface area is 114 Å². The van der Waals surface area contributed by atoms with Gasteiger partial charge < -0.3 is 0 Å². The molecular formula is C18H17N. The second-order valence-electron chi connectivity index (χ2n) is 4.82. The zero-order valence-electron chi connectivity index (χ0n) is 10.9. The minimum atomic E-state index is 0.329. The predicted octanol–water partition coefficient (Wildman–Crippen LogP) is 4.35. The molecule has 0 spiro atoms. The second-order valence-corrected chi connectivity index (χ2v) is 4.82. The van der Waals surface area contributed by atoms with Crippen LogP contribution in [0.5, 0.6) is 0 Å². The highest BCUT2D eigenvalue weighted by Crippen LogP contribution is 2.20. The second kappa shape index (κ2) is 5.66. The molecule has 2 aromatic carbocycles. The average molecular weight is 247 g/mol. The summed E-state index contributed by atoms with van der Waals surface area (Å²) < 4.78 is 0. The zero-order chi connectivity index (χ0) is 12.9. The van der Waals surface area contributed by atoms with Crippen molar-refractivity contribution >= 4 is 11.8 Å². The molecule has 1 heteroatoms. The Kier molecular flexibility index (Phi) is 3.55. The van der Waals surface area contributed by atoms with Gasteiger partial charge in [0.05, 0.1) is 6.04 Å². The van der Waals surface area contributed by atoms with Crippen molar-refractivity contribution in [2.24, 2.45) is 4.99 Å². The van der Waals surface area contributed by atoms with Crippen LogP contribution in [0.3, 0.4) is 0 Å². The summed E-state index contributed by atoms with van der Waals surface area (Å²) in [5.41, 5.74) is 3.74. The minimum Gasteiger partial charge on any atom is -0.282 e. The van der Waals surface area contributed by atoms with Gasteiger partial charge in [-0.2, -0.15) is 0 Å². The first-order valence-corrected chi connectivity index (χ1v) is 6.77. The number of hydrogen-bond donors (Lipinski definition) is 0. The normalized spacial score (nSPS) is 18.7. The topological polar surface area (TPSA) is 12.4 Å². The molecule has 2 aromatic rings. The lowest BCUT2D eigenvalue weighted by Gasteiger charge is -1.98. The van der Waals surface area contributed by atoms with Crippen molar-refractivity contribution in [3.05, 3.63) is 77.9 Å². The average Bonchev–Trinajstić information content (AvgIpc) is 2.96. The maximum absolute atomic E-state index is 4.80. The van der Waals surface area contributed by atoms with Crippen LogP contribution in [0, 0.1) is 0 Å². The molecule has 19 heavy (non-hydrogen) atoms. The number of benzene rings is 2. The molecular weight excluding hydrogens is 230 g/mol. The molecule has 1 aliphatic rings. The largest absolute Gasteiger partial charge is 0.282 e. The van der Waals surface area contributed by atoms with Gasteiger partial charge >= 0.3 is 0 Å². The molecule has 1 unspecified atom stereocenters. The van der Waals surface area contributed by atoms with E-state index in [-0.39, 0.29) is 0 Å². The molecule has 0 aromatic heterocycles. The Morgan fingerprint density at radius 1 is 0.895 bits per heavy atom. The summed E-state index contributed by atoms with van der Waals surface area (Å²) in [6, 6.07) is 21.2. The van der Waals surface area contributed by atoms with E-state index in [0.29, 0.717) is 6.04 Å². The van der Waals surface area contributed by atoms with Crippen LogP contribution in [0.15, 0.2) is 71.7 Å². The van der Waals surface area contributed by atoms with Crippen LogP contribution in [-0.2, 0) is 0 Å². The molecule has 0 saturated heterocycles. The lowest BCUT2D eigenvalue weighted by Crippen LogP contribution is -1.94. The number of aliphatic imine (C=N–C) groups is 1. The smallest absolute Gasteiger partial charge is 0.0690 e. The van der Waals surface area contributed by atoms with E-state index in [1.807, 2.05) is 12.1 Å². The maximum atomic E-state index is 4.80. The SMILES string of the molecule is C(=CC1CCC(c2ccccc2)=N1)c1ccccc1. The predicted molar refractivity (Wildman–Crippen MR) is 81.5 cm³/mol. The van der Waals surface area contributed by atoms with Crippen LogP contribution in [0.4, 0.5) is 0 Å². The van der Waals surface area contributed by atoms with Gasteiger partial charge in [0.1, 0.15) is 0 Å². The van der Waals surface area contributed by atoms with E-state index >= 15 is 0 Å². The third-order valence-electron chi connectivity index (χ3n) is 3.42. The van der Waals surface area contributed by atoms with Crippen molar-refractivity contribution in [3.63, 3.8) is 0 Å². The van der Waals surface area contributed by atoms with Gasteiger partial charge in [-0.3, -0.25) is 4.99 Å². The highest BCUT2D eigenvalue weighted by atomic mass is 14.8. The number of nitrogens with zero attached hydrogens (tertiary/aromatic N) is 1. The first-order valence-electron chi connectivity index (χ1n) is 6.77. The standard InChI is InChI=1S/C18H17N/c1-3-7-15(8-4-1)11-12-17-13-14-18(19-17)16-9-5-2-6-10-16/h1-12,17H,13-14H2. The van der Waals surface area contributed by atoms with Crippen LogP contribution >= 0.6 is 0 Å². The molecule has 1 nitrogen and oxygen atoms in total. The van der Waals surface area contributed by atoms with Crippen molar-refractivity contribution in [1.29, 1.82) is 0 Å². The lowest BCUT2D eigenvalue weighted by atomic mass is 10.1. The van der Waals surface area contributed by atoms with Gasteiger partial charge in [0.15, 0.2) is 0 Å². The Balaban J connectivity index is 1.72. The Bertz CT molecular complexity index is 582. The molecule has 1 aliphatic heterocycles. The monoisotopic (exact) mass is 247 g/mol. The Morgan fingerprint density at radius 3 is 2.32 bits per heavy atom. The first kappa shape index (κ1) is 11.9. The third kappa shape index (κ3) is 3.00.